The average molecular weight is 311 g/mol. The summed E-state index contributed by atoms with van der Waals surface area (Å²) in [5, 5.41) is 0.951. The van der Waals surface area contributed by atoms with Crippen molar-refractivity contribution in [3.05, 3.63) is 64.0 Å². The molecule has 2 rings (SSSR count). The number of allylic oxidation sites excluding steroid dienone is 2. The summed E-state index contributed by atoms with van der Waals surface area (Å²) in [4.78, 5) is 26.6. The third kappa shape index (κ3) is 3.11. The van der Waals surface area contributed by atoms with Gasteiger partial charge in [-0.15, -0.1) is 13.2 Å². The molecule has 0 amide bonds. The topological polar surface area (TPSA) is 59.2 Å². The first-order valence-electron chi connectivity index (χ1n) is 7.48. The van der Waals surface area contributed by atoms with E-state index in [4.69, 9.17) is 4.74 Å². The number of hydrogen-bond acceptors (Lipinski definition) is 3. The van der Waals surface area contributed by atoms with Gasteiger partial charge in [-0.3, -0.25) is 9.59 Å². The number of rotatable bonds is 5. The molecule has 0 saturated carbocycles. The summed E-state index contributed by atoms with van der Waals surface area (Å²) >= 11 is 0. The van der Waals surface area contributed by atoms with E-state index >= 15 is 0 Å². The van der Waals surface area contributed by atoms with Gasteiger partial charge in [-0.2, -0.15) is 0 Å². The molecule has 0 radical (unpaired) electrons. The lowest BCUT2D eigenvalue weighted by Gasteiger charge is -2.17. The second-order valence-electron chi connectivity index (χ2n) is 5.55. The Hall–Kier alpha value is -2.62. The molecule has 0 aliphatic carbocycles. The van der Waals surface area contributed by atoms with Crippen LogP contribution in [0.2, 0.25) is 0 Å². The highest BCUT2D eigenvalue weighted by Crippen LogP contribution is 2.34. The van der Waals surface area contributed by atoms with E-state index in [0.29, 0.717) is 29.7 Å². The van der Waals surface area contributed by atoms with E-state index in [1.54, 1.807) is 19.1 Å². The number of carbonyl (C=O) groups excluding carboxylic acids is 1. The molecule has 120 valence electrons. The largest absolute Gasteiger partial charge is 0.426 e. The third-order valence-corrected chi connectivity index (χ3v) is 3.96. The Kier molecular flexibility index (Phi) is 4.84. The van der Waals surface area contributed by atoms with E-state index in [1.807, 2.05) is 13.0 Å². The van der Waals surface area contributed by atoms with Gasteiger partial charge in [0.15, 0.2) is 0 Å². The Morgan fingerprint density at radius 3 is 2.43 bits per heavy atom. The Bertz CT molecular complexity index is 859. The summed E-state index contributed by atoms with van der Waals surface area (Å²) in [6.45, 7) is 12.6. The van der Waals surface area contributed by atoms with Gasteiger partial charge in [-0.05, 0) is 43.9 Å². The first kappa shape index (κ1) is 16.7. The number of hydrogen-bond donors (Lipinski definition) is 1. The lowest BCUT2D eigenvalue weighted by molar-refractivity contribution is -0.131. The summed E-state index contributed by atoms with van der Waals surface area (Å²) in [7, 11) is 0. The minimum Gasteiger partial charge on any atom is -0.426 e. The predicted octanol–water partition coefficient (Wildman–Crippen LogP) is 3.53. The second-order valence-corrected chi connectivity index (χ2v) is 5.55. The van der Waals surface area contributed by atoms with E-state index in [-0.39, 0.29) is 5.56 Å². The molecule has 0 unspecified atom stereocenters. The molecule has 0 saturated heterocycles. The number of pyridine rings is 1. The zero-order valence-corrected chi connectivity index (χ0v) is 13.8. The lowest BCUT2D eigenvalue weighted by atomic mass is 9.95. The van der Waals surface area contributed by atoms with Crippen LogP contribution in [0.5, 0.6) is 5.75 Å². The van der Waals surface area contributed by atoms with E-state index in [1.165, 1.54) is 6.92 Å². The monoisotopic (exact) mass is 311 g/mol. The number of carbonyl (C=O) groups is 1. The molecule has 0 fully saturated rings. The quantitative estimate of drug-likeness (QED) is 0.522. The van der Waals surface area contributed by atoms with Crippen molar-refractivity contribution >= 4 is 16.9 Å². The SMILES string of the molecule is C=CCc1cc2c(C)c(C)c(=O)[nH]c2c(CC=C)c1OC(C)=O. The fourth-order valence-electron chi connectivity index (χ4n) is 2.72. The maximum Gasteiger partial charge on any atom is 0.308 e. The Morgan fingerprint density at radius 1 is 1.22 bits per heavy atom. The minimum absolute atomic E-state index is 0.134. The zero-order valence-electron chi connectivity index (χ0n) is 13.8. The number of esters is 1. The van der Waals surface area contributed by atoms with Crippen molar-refractivity contribution in [1.29, 1.82) is 0 Å². The highest BCUT2D eigenvalue weighted by atomic mass is 16.5. The van der Waals surface area contributed by atoms with Crippen molar-refractivity contribution in [3.63, 3.8) is 0 Å². The van der Waals surface area contributed by atoms with Gasteiger partial charge in [0.1, 0.15) is 5.75 Å². The standard InChI is InChI=1S/C19H21NO3/c1-6-8-14-10-16-11(3)12(4)19(22)20-17(16)15(9-7-2)18(14)23-13(5)21/h6-7,10H,1-2,8-9H2,3-5H3,(H,20,22). The molecule has 2 aromatic rings. The van der Waals surface area contributed by atoms with Crippen molar-refractivity contribution in [1.82, 2.24) is 4.98 Å². The van der Waals surface area contributed by atoms with Gasteiger partial charge in [0, 0.05) is 23.4 Å². The maximum atomic E-state index is 12.1. The minimum atomic E-state index is -0.397. The van der Waals surface area contributed by atoms with Gasteiger partial charge in [-0.1, -0.05) is 12.2 Å². The molecule has 1 N–H and O–H groups in total. The molecule has 1 aromatic heterocycles. The Balaban J connectivity index is 2.97. The van der Waals surface area contributed by atoms with Crippen molar-refractivity contribution in [2.24, 2.45) is 0 Å². The molecule has 0 spiro atoms. The fourth-order valence-corrected chi connectivity index (χ4v) is 2.72. The summed E-state index contributed by atoms with van der Waals surface area (Å²) < 4.78 is 5.44. The molecule has 4 nitrogen and oxygen atoms in total. The van der Waals surface area contributed by atoms with Gasteiger partial charge in [0.2, 0.25) is 0 Å². The molecule has 4 heteroatoms. The van der Waals surface area contributed by atoms with Crippen LogP contribution >= 0.6 is 0 Å². The van der Waals surface area contributed by atoms with E-state index in [2.05, 4.69) is 18.1 Å². The van der Waals surface area contributed by atoms with Crippen molar-refractivity contribution in [2.75, 3.05) is 0 Å². The molecule has 23 heavy (non-hydrogen) atoms. The molecule has 0 aliphatic rings. The highest BCUT2D eigenvalue weighted by Gasteiger charge is 2.18. The van der Waals surface area contributed by atoms with Gasteiger partial charge in [-0.25, -0.2) is 0 Å². The van der Waals surface area contributed by atoms with Gasteiger partial charge in [0.05, 0.1) is 5.52 Å². The smallest absolute Gasteiger partial charge is 0.308 e. The first-order valence-corrected chi connectivity index (χ1v) is 7.48. The number of aryl methyl sites for hydroxylation is 1. The predicted molar refractivity (Wildman–Crippen MR) is 93.2 cm³/mol. The molecule has 0 bridgehead atoms. The third-order valence-electron chi connectivity index (χ3n) is 3.96. The van der Waals surface area contributed by atoms with Gasteiger partial charge < -0.3 is 9.72 Å². The van der Waals surface area contributed by atoms with Crippen LogP contribution in [0.3, 0.4) is 0 Å². The zero-order chi connectivity index (χ0) is 17.1. The number of fused-ring (bicyclic) bond motifs is 1. The van der Waals surface area contributed by atoms with Crippen molar-refractivity contribution < 1.29 is 9.53 Å². The van der Waals surface area contributed by atoms with Crippen LogP contribution in [0.4, 0.5) is 0 Å². The lowest BCUT2D eigenvalue weighted by Crippen LogP contribution is -2.14. The van der Waals surface area contributed by atoms with Crippen LogP contribution in [0.1, 0.15) is 29.2 Å². The fraction of sp³-hybridized carbons (Fsp3) is 0.263. The number of ether oxygens (including phenoxy) is 1. The average Bonchev–Trinajstić information content (AvgIpc) is 2.49. The summed E-state index contributed by atoms with van der Waals surface area (Å²) in [5.74, 6) is 0.0925. The summed E-state index contributed by atoms with van der Waals surface area (Å²) in [6, 6.07) is 1.96. The highest BCUT2D eigenvalue weighted by molar-refractivity contribution is 5.90. The van der Waals surface area contributed by atoms with Gasteiger partial charge >= 0.3 is 5.97 Å². The number of benzene rings is 1. The van der Waals surface area contributed by atoms with Crippen molar-refractivity contribution in [2.45, 2.75) is 33.6 Å². The van der Waals surface area contributed by atoms with E-state index < -0.39 is 5.97 Å². The Morgan fingerprint density at radius 2 is 1.87 bits per heavy atom. The number of aromatic nitrogens is 1. The number of nitrogens with one attached hydrogen (secondary N) is 1. The maximum absolute atomic E-state index is 12.1. The molecule has 1 heterocycles. The van der Waals surface area contributed by atoms with Crippen LogP contribution in [-0.4, -0.2) is 11.0 Å². The molecular weight excluding hydrogens is 290 g/mol. The first-order chi connectivity index (χ1) is 10.9. The van der Waals surface area contributed by atoms with Crippen molar-refractivity contribution in [3.8, 4) is 5.75 Å². The van der Waals surface area contributed by atoms with Gasteiger partial charge in [0.25, 0.3) is 5.56 Å². The molecule has 1 aromatic carbocycles. The molecular formula is C19H21NO3. The second kappa shape index (κ2) is 6.65. The van der Waals surface area contributed by atoms with Crippen LogP contribution in [0.15, 0.2) is 36.2 Å². The van der Waals surface area contributed by atoms with Crippen LogP contribution in [0, 0.1) is 13.8 Å². The Labute approximate surface area is 135 Å². The number of aromatic amines is 1. The van der Waals surface area contributed by atoms with Crippen LogP contribution in [-0.2, 0) is 17.6 Å². The molecule has 0 atom stereocenters. The number of H-pyrrole nitrogens is 1. The summed E-state index contributed by atoms with van der Waals surface area (Å²) in [5.41, 5.74) is 3.81. The van der Waals surface area contributed by atoms with E-state index in [0.717, 1.165) is 22.1 Å². The van der Waals surface area contributed by atoms with Crippen LogP contribution in [0.25, 0.3) is 10.9 Å². The summed E-state index contributed by atoms with van der Waals surface area (Å²) in [6.07, 6.45) is 4.55. The normalized spacial score (nSPS) is 10.6. The van der Waals surface area contributed by atoms with E-state index in [9.17, 15) is 9.59 Å². The molecule has 0 aliphatic heterocycles. The van der Waals surface area contributed by atoms with Crippen LogP contribution < -0.4 is 10.3 Å².